The van der Waals surface area contributed by atoms with Gasteiger partial charge in [0.05, 0.1) is 11.4 Å². The average Bonchev–Trinajstić information content (AvgIpc) is 3.10. The molecule has 2 aromatic carbocycles. The summed E-state index contributed by atoms with van der Waals surface area (Å²) < 4.78 is 0. The number of rotatable bonds is 4. The first-order valence-electron chi connectivity index (χ1n) is 8.54. The van der Waals surface area contributed by atoms with Gasteiger partial charge in [-0.3, -0.25) is 19.2 Å². The van der Waals surface area contributed by atoms with Crippen LogP contribution in [0.2, 0.25) is 0 Å². The molecule has 6 nitrogen and oxygen atoms in total. The molecule has 4 rings (SSSR count). The summed E-state index contributed by atoms with van der Waals surface area (Å²) in [5.41, 5.74) is 2.80. The first kappa shape index (κ1) is 19.1. The molecule has 29 heavy (non-hydrogen) atoms. The summed E-state index contributed by atoms with van der Waals surface area (Å²) in [6.45, 7) is 0. The van der Waals surface area contributed by atoms with Gasteiger partial charge in [-0.15, -0.1) is 0 Å². The summed E-state index contributed by atoms with van der Waals surface area (Å²) in [6, 6.07) is 14.0. The topological polar surface area (TPSA) is 74.8 Å². The number of hydrogen-bond donors (Lipinski definition) is 0. The number of anilines is 2. The van der Waals surface area contributed by atoms with Gasteiger partial charge in [-0.05, 0) is 41.8 Å². The van der Waals surface area contributed by atoms with Crippen molar-refractivity contribution >= 4 is 58.2 Å². The molecular formula is C21H12Cl2N2O4. The molecule has 144 valence electrons. The summed E-state index contributed by atoms with van der Waals surface area (Å²) in [4.78, 5) is 49.6. The predicted octanol–water partition coefficient (Wildman–Crippen LogP) is 3.27. The highest BCUT2D eigenvalue weighted by Gasteiger charge is 2.32. The van der Waals surface area contributed by atoms with E-state index < -0.39 is 23.6 Å². The SMILES string of the molecule is O=C1C=C(Cl)C(=O)N1c1ccc(Cc2ccc(N3C(=O)C=C(Cl)C3=O)cc2)cc1. The standard InChI is InChI=1S/C21H12Cl2N2O4/c22-16-10-18(26)24(20(16)28)14-5-1-12(2-6-14)9-13-3-7-15(8-4-13)25-19(27)11-17(23)21(25)29/h1-8,10-11H,9H2. The molecule has 0 unspecified atom stereocenters. The normalized spacial score (nSPS) is 16.6. The molecule has 0 saturated carbocycles. The molecule has 0 N–H and O–H groups in total. The van der Waals surface area contributed by atoms with Crippen LogP contribution < -0.4 is 9.80 Å². The van der Waals surface area contributed by atoms with Crippen LogP contribution in [0.15, 0.2) is 70.7 Å². The Kier molecular flexibility index (Phi) is 4.82. The van der Waals surface area contributed by atoms with Crippen LogP contribution in [0.1, 0.15) is 11.1 Å². The van der Waals surface area contributed by atoms with E-state index in [1.54, 1.807) is 24.3 Å². The highest BCUT2D eigenvalue weighted by Crippen LogP contribution is 2.27. The molecule has 0 bridgehead atoms. The fourth-order valence-corrected chi connectivity index (χ4v) is 3.49. The largest absolute Gasteiger partial charge is 0.277 e. The van der Waals surface area contributed by atoms with Gasteiger partial charge < -0.3 is 0 Å². The smallest absolute Gasteiger partial charge is 0.269 e. The van der Waals surface area contributed by atoms with E-state index in [1.165, 1.54) is 0 Å². The molecule has 0 aliphatic carbocycles. The van der Waals surface area contributed by atoms with Gasteiger partial charge in [0.15, 0.2) is 0 Å². The molecule has 0 aromatic heterocycles. The minimum absolute atomic E-state index is 0.106. The van der Waals surface area contributed by atoms with Crippen LogP contribution in [0.5, 0.6) is 0 Å². The van der Waals surface area contributed by atoms with Crippen molar-refractivity contribution in [3.63, 3.8) is 0 Å². The van der Waals surface area contributed by atoms with Crippen LogP contribution in [-0.4, -0.2) is 23.6 Å². The Morgan fingerprint density at radius 1 is 0.586 bits per heavy atom. The van der Waals surface area contributed by atoms with E-state index in [4.69, 9.17) is 23.2 Å². The lowest BCUT2D eigenvalue weighted by Crippen LogP contribution is -2.30. The van der Waals surface area contributed by atoms with E-state index in [1.807, 2.05) is 24.3 Å². The maximum absolute atomic E-state index is 11.9. The van der Waals surface area contributed by atoms with Crippen LogP contribution in [0.25, 0.3) is 0 Å². The van der Waals surface area contributed by atoms with E-state index in [9.17, 15) is 19.2 Å². The molecule has 2 aliphatic rings. The minimum Gasteiger partial charge on any atom is -0.269 e. The lowest BCUT2D eigenvalue weighted by atomic mass is 10.0. The first-order chi connectivity index (χ1) is 13.8. The van der Waals surface area contributed by atoms with Gasteiger partial charge in [-0.1, -0.05) is 47.5 Å². The van der Waals surface area contributed by atoms with E-state index in [-0.39, 0.29) is 10.1 Å². The minimum atomic E-state index is -0.541. The van der Waals surface area contributed by atoms with Gasteiger partial charge >= 0.3 is 0 Å². The summed E-state index contributed by atoms with van der Waals surface area (Å²) in [7, 11) is 0. The van der Waals surface area contributed by atoms with Gasteiger partial charge in [0.2, 0.25) is 0 Å². The Hall–Kier alpha value is -3.22. The van der Waals surface area contributed by atoms with Crippen molar-refractivity contribution in [3.05, 3.63) is 81.9 Å². The monoisotopic (exact) mass is 426 g/mol. The predicted molar refractivity (Wildman–Crippen MR) is 109 cm³/mol. The summed E-state index contributed by atoms with van der Waals surface area (Å²) >= 11 is 11.4. The van der Waals surface area contributed by atoms with Crippen molar-refractivity contribution in [2.75, 3.05) is 9.80 Å². The number of imide groups is 2. The fourth-order valence-electron chi connectivity index (χ4n) is 3.13. The number of hydrogen-bond acceptors (Lipinski definition) is 4. The highest BCUT2D eigenvalue weighted by molar-refractivity contribution is 6.52. The molecule has 0 atom stereocenters. The van der Waals surface area contributed by atoms with E-state index in [2.05, 4.69) is 0 Å². The molecule has 0 fully saturated rings. The zero-order valence-corrected chi connectivity index (χ0v) is 16.3. The molecular weight excluding hydrogens is 415 g/mol. The van der Waals surface area contributed by atoms with Gasteiger partial charge in [0.25, 0.3) is 23.6 Å². The van der Waals surface area contributed by atoms with Gasteiger partial charge in [-0.25, -0.2) is 9.80 Å². The molecule has 0 spiro atoms. The zero-order chi connectivity index (χ0) is 20.7. The second kappa shape index (κ2) is 7.31. The molecule has 4 amide bonds. The number of nitrogens with zero attached hydrogens (tertiary/aromatic N) is 2. The Morgan fingerprint density at radius 3 is 1.21 bits per heavy atom. The van der Waals surface area contributed by atoms with E-state index in [0.717, 1.165) is 33.1 Å². The number of benzene rings is 2. The van der Waals surface area contributed by atoms with Crippen LogP contribution in [-0.2, 0) is 25.6 Å². The summed E-state index contributed by atoms with van der Waals surface area (Å²) in [6.07, 6.45) is 2.78. The van der Waals surface area contributed by atoms with Crippen LogP contribution in [0.4, 0.5) is 11.4 Å². The molecule has 0 saturated heterocycles. The lowest BCUT2D eigenvalue weighted by molar-refractivity contribution is -0.121. The third-order valence-corrected chi connectivity index (χ3v) is 5.09. The second-order valence-electron chi connectivity index (χ2n) is 6.45. The van der Waals surface area contributed by atoms with Crippen LogP contribution in [0.3, 0.4) is 0 Å². The van der Waals surface area contributed by atoms with Gasteiger partial charge in [-0.2, -0.15) is 0 Å². The van der Waals surface area contributed by atoms with Crippen molar-refractivity contribution < 1.29 is 19.2 Å². The Labute approximate surface area is 175 Å². The molecule has 2 aliphatic heterocycles. The quantitative estimate of drug-likeness (QED) is 0.703. The second-order valence-corrected chi connectivity index (χ2v) is 7.27. The van der Waals surface area contributed by atoms with Crippen molar-refractivity contribution in [1.29, 1.82) is 0 Å². The van der Waals surface area contributed by atoms with Crippen LogP contribution in [0, 0.1) is 0 Å². The average molecular weight is 427 g/mol. The Balaban J connectivity index is 1.46. The third-order valence-electron chi connectivity index (χ3n) is 4.55. The Bertz CT molecular complexity index is 1030. The van der Waals surface area contributed by atoms with Gasteiger partial charge in [0, 0.05) is 12.2 Å². The van der Waals surface area contributed by atoms with E-state index >= 15 is 0 Å². The summed E-state index contributed by atoms with van der Waals surface area (Å²) in [5, 5.41) is -0.212. The lowest BCUT2D eigenvalue weighted by Gasteiger charge is -2.15. The van der Waals surface area contributed by atoms with Crippen molar-refractivity contribution in [2.24, 2.45) is 0 Å². The molecule has 2 heterocycles. The number of halogens is 2. The first-order valence-corrected chi connectivity index (χ1v) is 9.30. The summed E-state index contributed by atoms with van der Waals surface area (Å²) in [5.74, 6) is -2.02. The van der Waals surface area contributed by atoms with Crippen molar-refractivity contribution in [2.45, 2.75) is 6.42 Å². The Morgan fingerprint density at radius 2 is 0.931 bits per heavy atom. The van der Waals surface area contributed by atoms with Crippen LogP contribution >= 0.6 is 23.2 Å². The van der Waals surface area contributed by atoms with Crippen molar-refractivity contribution in [3.8, 4) is 0 Å². The zero-order valence-electron chi connectivity index (χ0n) is 14.8. The number of amides is 4. The van der Waals surface area contributed by atoms with Crippen molar-refractivity contribution in [1.82, 2.24) is 0 Å². The number of carbonyl (C=O) groups is 4. The maximum Gasteiger partial charge on any atom is 0.277 e. The molecule has 8 heteroatoms. The van der Waals surface area contributed by atoms with E-state index in [0.29, 0.717) is 17.8 Å². The number of carbonyl (C=O) groups excluding carboxylic acids is 4. The highest BCUT2D eigenvalue weighted by atomic mass is 35.5. The molecule has 2 aromatic rings. The third kappa shape index (κ3) is 3.48. The molecule has 0 radical (unpaired) electrons. The fraction of sp³-hybridized carbons (Fsp3) is 0.0476. The van der Waals surface area contributed by atoms with Gasteiger partial charge in [0.1, 0.15) is 10.1 Å². The maximum atomic E-state index is 11.9.